The third kappa shape index (κ3) is 8.45. The molecule has 0 aliphatic rings. The van der Waals surface area contributed by atoms with Gasteiger partial charge in [-0.05, 0) is 55.8 Å². The molecule has 3 heteroatoms. The van der Waals surface area contributed by atoms with Gasteiger partial charge in [0.2, 0.25) is 0 Å². The molecule has 0 amide bonds. The monoisotopic (exact) mass is 311 g/mol. The Morgan fingerprint density at radius 2 is 2.00 bits per heavy atom. The van der Waals surface area contributed by atoms with Crippen LogP contribution in [-0.4, -0.2) is 26.3 Å². The summed E-state index contributed by atoms with van der Waals surface area (Å²) in [5.74, 6) is 1.17. The van der Waals surface area contributed by atoms with Crippen molar-refractivity contribution in [3.8, 4) is 0 Å². The average molecular weight is 312 g/mol. The van der Waals surface area contributed by atoms with Gasteiger partial charge in [0, 0.05) is 18.2 Å². The number of hydrogen-bond acceptors (Lipinski definition) is 2. The first-order valence-corrected chi connectivity index (χ1v) is 8.53. The van der Waals surface area contributed by atoms with Crippen molar-refractivity contribution < 1.29 is 4.74 Å². The Bertz CT molecular complexity index is 381. The smallest absolute Gasteiger partial charge is 0.0488 e. The van der Waals surface area contributed by atoms with E-state index in [0.29, 0.717) is 11.8 Å². The first-order chi connectivity index (χ1) is 10.1. The molecular weight excluding hydrogens is 282 g/mol. The second-order valence-corrected chi connectivity index (χ2v) is 6.53. The van der Waals surface area contributed by atoms with Crippen molar-refractivity contribution in [2.45, 2.75) is 40.0 Å². The molecule has 1 rings (SSSR count). The maximum Gasteiger partial charge on any atom is 0.0488 e. The molecule has 1 atom stereocenters. The minimum absolute atomic E-state index is 0.573. The van der Waals surface area contributed by atoms with Crippen LogP contribution in [0.4, 0.5) is 0 Å². The van der Waals surface area contributed by atoms with E-state index in [-0.39, 0.29) is 0 Å². The van der Waals surface area contributed by atoms with Gasteiger partial charge in [-0.3, -0.25) is 0 Å². The third-order valence-corrected chi connectivity index (χ3v) is 3.82. The molecule has 0 saturated heterocycles. The second-order valence-electron chi connectivity index (χ2n) is 6.12. The normalized spacial score (nSPS) is 12.8. The fourth-order valence-corrected chi connectivity index (χ4v) is 2.52. The van der Waals surface area contributed by atoms with Gasteiger partial charge >= 0.3 is 0 Å². The highest BCUT2D eigenvalue weighted by Gasteiger charge is 2.11. The maximum absolute atomic E-state index is 6.28. The van der Waals surface area contributed by atoms with Gasteiger partial charge in [0.25, 0.3) is 0 Å². The van der Waals surface area contributed by atoms with Crippen LogP contribution in [-0.2, 0) is 11.2 Å². The summed E-state index contributed by atoms with van der Waals surface area (Å²) in [5, 5.41) is 4.40. The van der Waals surface area contributed by atoms with E-state index in [1.54, 1.807) is 0 Å². The summed E-state index contributed by atoms with van der Waals surface area (Å²) in [7, 11) is 0. The molecule has 0 fully saturated rings. The molecule has 1 N–H and O–H groups in total. The zero-order valence-corrected chi connectivity index (χ0v) is 14.5. The molecule has 0 aromatic heterocycles. The minimum atomic E-state index is 0.573. The van der Waals surface area contributed by atoms with E-state index in [0.717, 1.165) is 44.2 Å². The molecule has 120 valence electrons. The molecule has 1 unspecified atom stereocenters. The summed E-state index contributed by atoms with van der Waals surface area (Å²) in [6.07, 6.45) is 3.26. The van der Waals surface area contributed by atoms with Crippen molar-refractivity contribution in [3.05, 3.63) is 34.9 Å². The number of ether oxygens (including phenoxy) is 1. The third-order valence-electron chi connectivity index (χ3n) is 3.45. The van der Waals surface area contributed by atoms with Gasteiger partial charge in [0.15, 0.2) is 0 Å². The highest BCUT2D eigenvalue weighted by Crippen LogP contribution is 2.20. The summed E-state index contributed by atoms with van der Waals surface area (Å²) < 4.78 is 5.74. The van der Waals surface area contributed by atoms with Gasteiger partial charge < -0.3 is 10.1 Å². The highest BCUT2D eigenvalue weighted by molar-refractivity contribution is 6.31. The van der Waals surface area contributed by atoms with Crippen molar-refractivity contribution in [1.82, 2.24) is 5.32 Å². The van der Waals surface area contributed by atoms with Gasteiger partial charge in [0.1, 0.15) is 0 Å². The minimum Gasteiger partial charge on any atom is -0.381 e. The number of nitrogens with one attached hydrogen (secondary N) is 1. The summed E-state index contributed by atoms with van der Waals surface area (Å²) >= 11 is 6.28. The van der Waals surface area contributed by atoms with Crippen LogP contribution < -0.4 is 5.32 Å². The standard InChI is InChI=1S/C18H30ClNO/c1-4-10-20-13-16(9-11-21-14-15(2)3)12-17-7-5-6-8-18(17)19/h5-8,15-16,20H,4,9-14H2,1-3H3. The summed E-state index contributed by atoms with van der Waals surface area (Å²) in [6, 6.07) is 8.15. The predicted molar refractivity (Wildman–Crippen MR) is 92.1 cm³/mol. The van der Waals surface area contributed by atoms with Crippen LogP contribution in [0.1, 0.15) is 39.2 Å². The number of hydrogen-bond donors (Lipinski definition) is 1. The van der Waals surface area contributed by atoms with Gasteiger partial charge in [-0.2, -0.15) is 0 Å². The molecule has 0 bridgehead atoms. The van der Waals surface area contributed by atoms with Crippen LogP contribution in [0.25, 0.3) is 0 Å². The molecule has 0 spiro atoms. The first-order valence-electron chi connectivity index (χ1n) is 8.15. The Balaban J connectivity index is 2.45. The van der Waals surface area contributed by atoms with E-state index in [4.69, 9.17) is 16.3 Å². The second kappa shape index (κ2) is 11.1. The molecule has 0 heterocycles. The van der Waals surface area contributed by atoms with E-state index in [9.17, 15) is 0 Å². The van der Waals surface area contributed by atoms with E-state index < -0.39 is 0 Å². The summed E-state index contributed by atoms with van der Waals surface area (Å²) in [6.45, 7) is 10.4. The molecule has 2 nitrogen and oxygen atoms in total. The zero-order valence-electron chi connectivity index (χ0n) is 13.7. The maximum atomic E-state index is 6.28. The summed E-state index contributed by atoms with van der Waals surface area (Å²) in [4.78, 5) is 0. The van der Waals surface area contributed by atoms with E-state index in [2.05, 4.69) is 38.2 Å². The quantitative estimate of drug-likeness (QED) is 0.605. The van der Waals surface area contributed by atoms with Crippen LogP contribution in [0.15, 0.2) is 24.3 Å². The lowest BCUT2D eigenvalue weighted by Crippen LogP contribution is -2.26. The molecule has 1 aromatic carbocycles. The van der Waals surface area contributed by atoms with E-state index >= 15 is 0 Å². The first kappa shape index (κ1) is 18.5. The average Bonchev–Trinajstić information content (AvgIpc) is 2.45. The highest BCUT2D eigenvalue weighted by atomic mass is 35.5. The van der Waals surface area contributed by atoms with Crippen molar-refractivity contribution in [2.75, 3.05) is 26.3 Å². The van der Waals surface area contributed by atoms with Crippen molar-refractivity contribution in [3.63, 3.8) is 0 Å². The Morgan fingerprint density at radius 3 is 2.67 bits per heavy atom. The topological polar surface area (TPSA) is 21.3 Å². The fraction of sp³-hybridized carbons (Fsp3) is 0.667. The Kier molecular flexibility index (Phi) is 9.73. The lowest BCUT2D eigenvalue weighted by Gasteiger charge is -2.19. The molecule has 0 aliphatic heterocycles. The van der Waals surface area contributed by atoms with Crippen LogP contribution in [0.3, 0.4) is 0 Å². The number of halogens is 1. The van der Waals surface area contributed by atoms with Gasteiger partial charge in [-0.15, -0.1) is 0 Å². The molecule has 0 radical (unpaired) electrons. The van der Waals surface area contributed by atoms with Crippen molar-refractivity contribution in [2.24, 2.45) is 11.8 Å². The molecule has 0 saturated carbocycles. The number of rotatable bonds is 11. The van der Waals surface area contributed by atoms with Gasteiger partial charge in [-0.1, -0.05) is 50.6 Å². The largest absolute Gasteiger partial charge is 0.381 e. The van der Waals surface area contributed by atoms with Gasteiger partial charge in [-0.25, -0.2) is 0 Å². The van der Waals surface area contributed by atoms with Gasteiger partial charge in [0.05, 0.1) is 0 Å². The van der Waals surface area contributed by atoms with Crippen molar-refractivity contribution in [1.29, 1.82) is 0 Å². The van der Waals surface area contributed by atoms with E-state index in [1.165, 1.54) is 12.0 Å². The fourth-order valence-electron chi connectivity index (χ4n) is 2.30. The zero-order chi connectivity index (χ0) is 15.5. The Morgan fingerprint density at radius 1 is 1.24 bits per heavy atom. The summed E-state index contributed by atoms with van der Waals surface area (Å²) in [5.41, 5.74) is 1.24. The Hall–Kier alpha value is -0.570. The number of benzene rings is 1. The molecular formula is C18H30ClNO. The molecule has 1 aromatic rings. The SMILES string of the molecule is CCCNCC(CCOCC(C)C)Cc1ccccc1Cl. The van der Waals surface area contributed by atoms with Crippen LogP contribution in [0.2, 0.25) is 5.02 Å². The van der Waals surface area contributed by atoms with Crippen LogP contribution in [0, 0.1) is 11.8 Å². The van der Waals surface area contributed by atoms with E-state index in [1.807, 2.05) is 12.1 Å². The predicted octanol–water partition coefficient (Wildman–Crippen LogP) is 4.56. The lowest BCUT2D eigenvalue weighted by molar-refractivity contribution is 0.0976. The van der Waals surface area contributed by atoms with Crippen molar-refractivity contribution >= 4 is 11.6 Å². The van der Waals surface area contributed by atoms with Crippen LogP contribution in [0.5, 0.6) is 0 Å². The molecule has 21 heavy (non-hydrogen) atoms. The lowest BCUT2D eigenvalue weighted by atomic mass is 9.96. The van der Waals surface area contributed by atoms with Crippen LogP contribution >= 0.6 is 11.6 Å². The Labute approximate surface area is 135 Å². The molecule has 0 aliphatic carbocycles.